The number of carbonyl (C=O) groups is 3. The Kier molecular flexibility index (Phi) is 6.50. The van der Waals surface area contributed by atoms with Crippen LogP contribution < -0.4 is 15.8 Å². The first-order valence-corrected chi connectivity index (χ1v) is 10.1. The zero-order valence-electron chi connectivity index (χ0n) is 18.3. The van der Waals surface area contributed by atoms with Crippen LogP contribution in [0.3, 0.4) is 0 Å². The van der Waals surface area contributed by atoms with E-state index < -0.39 is 23.8 Å². The lowest BCUT2D eigenvalue weighted by molar-refractivity contribution is -0.135. The van der Waals surface area contributed by atoms with Crippen LogP contribution in [0.1, 0.15) is 51.9 Å². The number of benzene rings is 1. The van der Waals surface area contributed by atoms with Gasteiger partial charge in [-0.15, -0.1) is 0 Å². The van der Waals surface area contributed by atoms with E-state index in [1.54, 1.807) is 32.2 Å². The first-order valence-electron chi connectivity index (χ1n) is 10.1. The number of carbonyl (C=O) groups excluding carboxylic acids is 3. The number of amides is 3. The molecule has 0 spiro atoms. The van der Waals surface area contributed by atoms with E-state index in [0.717, 1.165) is 0 Å². The van der Waals surface area contributed by atoms with Gasteiger partial charge in [0, 0.05) is 32.1 Å². The van der Waals surface area contributed by atoms with Crippen LogP contribution in [-0.4, -0.2) is 70.9 Å². The topological polar surface area (TPSA) is 140 Å². The molecule has 3 amide bonds. The molecule has 168 valence electrons. The Bertz CT molecular complexity index is 1140. The molecule has 2 heterocycles. The molecule has 32 heavy (non-hydrogen) atoms. The third-order valence-corrected chi connectivity index (χ3v) is 5.19. The van der Waals surface area contributed by atoms with E-state index in [0.29, 0.717) is 29.2 Å². The Hall–Kier alpha value is -3.84. The molecule has 0 saturated carbocycles. The van der Waals surface area contributed by atoms with Crippen molar-refractivity contribution in [2.24, 2.45) is 5.73 Å². The number of aliphatic hydroxyl groups excluding tert-OH is 1. The van der Waals surface area contributed by atoms with Gasteiger partial charge in [-0.25, -0.2) is 4.68 Å². The molecule has 10 heteroatoms. The molecule has 2 atom stereocenters. The lowest BCUT2D eigenvalue weighted by Gasteiger charge is -2.15. The van der Waals surface area contributed by atoms with E-state index in [2.05, 4.69) is 22.3 Å². The molecule has 0 radical (unpaired) electrons. The molecule has 1 aromatic heterocycles. The van der Waals surface area contributed by atoms with Crippen LogP contribution in [-0.2, 0) is 4.79 Å². The number of primary amides is 1. The van der Waals surface area contributed by atoms with Crippen LogP contribution in [0.4, 0.5) is 0 Å². The predicted octanol–water partition coefficient (Wildman–Crippen LogP) is 0.0174. The fraction of sp³-hybridized carbons (Fsp3) is 0.364. The van der Waals surface area contributed by atoms with Crippen molar-refractivity contribution in [3.63, 3.8) is 0 Å². The number of nitrogens with one attached hydrogen (secondary N) is 1. The average molecular weight is 439 g/mol. The maximum absolute atomic E-state index is 12.5. The van der Waals surface area contributed by atoms with Crippen molar-refractivity contribution in [2.45, 2.75) is 25.9 Å². The fourth-order valence-electron chi connectivity index (χ4n) is 3.35. The summed E-state index contributed by atoms with van der Waals surface area (Å²) in [6.45, 7) is 4.34. The summed E-state index contributed by atoms with van der Waals surface area (Å²) in [5.41, 5.74) is 6.88. The molecule has 0 saturated heterocycles. The van der Waals surface area contributed by atoms with Gasteiger partial charge in [-0.05, 0) is 25.1 Å². The Morgan fingerprint density at radius 1 is 1.44 bits per heavy atom. The second-order valence-electron chi connectivity index (χ2n) is 7.38. The Labute approximate surface area is 185 Å². The second kappa shape index (κ2) is 9.11. The summed E-state index contributed by atoms with van der Waals surface area (Å²) in [6.07, 6.45) is -1.46. The van der Waals surface area contributed by atoms with Gasteiger partial charge in [-0.2, -0.15) is 5.10 Å². The van der Waals surface area contributed by atoms with E-state index in [1.165, 1.54) is 16.6 Å². The molecule has 2 aromatic rings. The van der Waals surface area contributed by atoms with Gasteiger partial charge in [0.1, 0.15) is 11.4 Å². The van der Waals surface area contributed by atoms with Crippen molar-refractivity contribution in [3.05, 3.63) is 40.7 Å². The summed E-state index contributed by atoms with van der Waals surface area (Å²) in [5.74, 6) is 3.73. The minimum absolute atomic E-state index is 0.101. The number of nitrogens with zero attached hydrogens (tertiary/aromatic N) is 3. The van der Waals surface area contributed by atoms with Gasteiger partial charge in [0.2, 0.25) is 0 Å². The summed E-state index contributed by atoms with van der Waals surface area (Å²) >= 11 is 0. The number of hydrogen-bond donors (Lipinski definition) is 3. The third-order valence-electron chi connectivity index (χ3n) is 5.19. The summed E-state index contributed by atoms with van der Waals surface area (Å²) < 4.78 is 7.34. The third kappa shape index (κ3) is 4.15. The molecule has 4 N–H and O–H groups in total. The van der Waals surface area contributed by atoms with Crippen molar-refractivity contribution in [1.29, 1.82) is 0 Å². The van der Waals surface area contributed by atoms with Gasteiger partial charge in [-0.1, -0.05) is 18.8 Å². The Morgan fingerprint density at radius 3 is 2.78 bits per heavy atom. The van der Waals surface area contributed by atoms with E-state index in [4.69, 9.17) is 10.5 Å². The lowest BCUT2D eigenvalue weighted by atomic mass is 10.0. The summed E-state index contributed by atoms with van der Waals surface area (Å²) in [7, 11) is 3.03. The van der Waals surface area contributed by atoms with Gasteiger partial charge in [0.25, 0.3) is 17.7 Å². The van der Waals surface area contributed by atoms with Crippen molar-refractivity contribution < 1.29 is 24.2 Å². The van der Waals surface area contributed by atoms with Crippen LogP contribution in [0.25, 0.3) is 5.69 Å². The maximum Gasteiger partial charge on any atom is 0.270 e. The number of ether oxygens (including phenoxy) is 1. The normalized spacial score (nSPS) is 15.1. The highest BCUT2D eigenvalue weighted by Gasteiger charge is 2.32. The van der Waals surface area contributed by atoms with E-state index >= 15 is 0 Å². The van der Waals surface area contributed by atoms with Crippen molar-refractivity contribution in [3.8, 4) is 23.3 Å². The molecule has 0 fully saturated rings. The van der Waals surface area contributed by atoms with Crippen LogP contribution in [0.15, 0.2) is 18.2 Å². The van der Waals surface area contributed by atoms with Crippen molar-refractivity contribution in [2.75, 3.05) is 27.2 Å². The van der Waals surface area contributed by atoms with Crippen LogP contribution in [0, 0.1) is 11.8 Å². The highest BCUT2D eigenvalue weighted by molar-refractivity contribution is 6.06. The SMILES string of the molecule is CCN(C)C(=O)C(O)C#Cc1ccc2c(c1)-n1nc(C(N)=O)c(C(=O)NC)c1[C@@H](C)CO2. The monoisotopic (exact) mass is 439 g/mol. The van der Waals surface area contributed by atoms with Gasteiger partial charge < -0.3 is 25.8 Å². The number of likely N-dealkylation sites (N-methyl/N-ethyl adjacent to an activating group) is 1. The van der Waals surface area contributed by atoms with Crippen molar-refractivity contribution >= 4 is 17.7 Å². The van der Waals surface area contributed by atoms with Crippen molar-refractivity contribution in [1.82, 2.24) is 20.0 Å². The molecule has 1 aliphatic rings. The number of hydrogen-bond acceptors (Lipinski definition) is 6. The standard InChI is InChI=1S/C22H25N5O5/c1-5-26(4)22(31)15(28)8-6-13-7-9-16-14(10-13)27-19(12(2)11-32-16)17(21(30)24-3)18(25-27)20(23)29/h7,9-10,12,15,28H,5,11H2,1-4H3,(H2,23,29)(H,24,30)/t12-,15?/m0/s1. The summed E-state index contributed by atoms with van der Waals surface area (Å²) in [6, 6.07) is 5.01. The summed E-state index contributed by atoms with van der Waals surface area (Å²) in [5, 5.41) is 16.9. The van der Waals surface area contributed by atoms with Gasteiger partial charge in [0.15, 0.2) is 11.8 Å². The van der Waals surface area contributed by atoms with Gasteiger partial charge in [-0.3, -0.25) is 14.4 Å². The molecule has 10 nitrogen and oxygen atoms in total. The largest absolute Gasteiger partial charge is 0.491 e. The van der Waals surface area contributed by atoms with Gasteiger partial charge in [0.05, 0.1) is 17.9 Å². The smallest absolute Gasteiger partial charge is 0.270 e. The zero-order valence-corrected chi connectivity index (χ0v) is 18.3. The molecule has 1 aromatic carbocycles. The number of aromatic nitrogens is 2. The number of fused-ring (bicyclic) bond motifs is 3. The highest BCUT2D eigenvalue weighted by atomic mass is 16.5. The molecule has 0 bridgehead atoms. The molecular weight excluding hydrogens is 414 g/mol. The quantitative estimate of drug-likeness (QED) is 0.574. The first kappa shape index (κ1) is 22.8. The second-order valence-corrected chi connectivity index (χ2v) is 7.38. The molecule has 1 aliphatic heterocycles. The molecule has 1 unspecified atom stereocenters. The lowest BCUT2D eigenvalue weighted by Crippen LogP contribution is -2.35. The molecule has 3 rings (SSSR count). The maximum atomic E-state index is 12.5. The minimum Gasteiger partial charge on any atom is -0.491 e. The minimum atomic E-state index is -1.46. The number of aliphatic hydroxyl groups is 1. The van der Waals surface area contributed by atoms with Crippen LogP contribution in [0.2, 0.25) is 0 Å². The fourth-order valence-corrected chi connectivity index (χ4v) is 3.35. The summed E-state index contributed by atoms with van der Waals surface area (Å²) in [4.78, 5) is 37.9. The molecular formula is C22H25N5O5. The highest BCUT2D eigenvalue weighted by Crippen LogP contribution is 2.35. The van der Waals surface area contributed by atoms with Crippen LogP contribution >= 0.6 is 0 Å². The Balaban J connectivity index is 2.12. The molecule has 0 aliphatic carbocycles. The van der Waals surface area contributed by atoms with Crippen LogP contribution in [0.5, 0.6) is 5.75 Å². The van der Waals surface area contributed by atoms with Gasteiger partial charge >= 0.3 is 0 Å². The Morgan fingerprint density at radius 2 is 2.16 bits per heavy atom. The first-order chi connectivity index (χ1) is 15.2. The van der Waals surface area contributed by atoms with E-state index in [1.807, 2.05) is 6.92 Å². The predicted molar refractivity (Wildman–Crippen MR) is 116 cm³/mol. The zero-order chi connectivity index (χ0) is 23.6. The van der Waals surface area contributed by atoms with E-state index in [-0.39, 0.29) is 23.8 Å². The number of nitrogens with two attached hydrogens (primary N) is 1. The average Bonchev–Trinajstić information content (AvgIpc) is 3.14. The number of rotatable bonds is 4. The van der Waals surface area contributed by atoms with E-state index in [9.17, 15) is 19.5 Å².